The van der Waals surface area contributed by atoms with Gasteiger partial charge in [0.1, 0.15) is 12.0 Å². The Morgan fingerprint density at radius 1 is 1.14 bits per heavy atom. The first-order chi connectivity index (χ1) is 10.3. The van der Waals surface area contributed by atoms with Gasteiger partial charge in [-0.2, -0.15) is 0 Å². The van der Waals surface area contributed by atoms with Crippen LogP contribution in [0.1, 0.15) is 29.6 Å². The molecule has 116 valence electrons. The predicted octanol–water partition coefficient (Wildman–Crippen LogP) is 2.30. The lowest BCUT2D eigenvalue weighted by Gasteiger charge is -2.32. The Hall–Kier alpha value is -1.39. The van der Waals surface area contributed by atoms with Crippen molar-refractivity contribution in [1.29, 1.82) is 0 Å². The van der Waals surface area contributed by atoms with Crippen LogP contribution < -0.4 is 4.74 Å². The highest BCUT2D eigenvalue weighted by Crippen LogP contribution is 2.12. The summed E-state index contributed by atoms with van der Waals surface area (Å²) in [6.07, 6.45) is 4.35. The average Bonchev–Trinajstić information content (AvgIpc) is 2.52. The summed E-state index contributed by atoms with van der Waals surface area (Å²) >= 11 is 0. The number of benzene rings is 1. The Bertz CT molecular complexity index is 429. The number of piperazine rings is 1. The maximum atomic E-state index is 10.7. The Kier molecular flexibility index (Phi) is 6.70. The van der Waals surface area contributed by atoms with Gasteiger partial charge in [0.15, 0.2) is 0 Å². The fourth-order valence-electron chi connectivity index (χ4n) is 2.55. The van der Waals surface area contributed by atoms with Gasteiger partial charge >= 0.3 is 0 Å². The third-order valence-corrected chi connectivity index (χ3v) is 3.98. The zero-order valence-electron chi connectivity index (χ0n) is 13.0. The zero-order chi connectivity index (χ0) is 14.9. The SMILES string of the molecule is CN1CCN(CCCCCOc2cccc(C=O)c2)CC1. The molecular formula is C17H26N2O2. The second-order valence-electron chi connectivity index (χ2n) is 5.74. The van der Waals surface area contributed by atoms with Crippen LogP contribution in [0.5, 0.6) is 5.75 Å². The van der Waals surface area contributed by atoms with Gasteiger partial charge in [-0.05, 0) is 45.0 Å². The molecule has 1 aliphatic rings. The van der Waals surface area contributed by atoms with Gasteiger partial charge in [0.05, 0.1) is 6.61 Å². The van der Waals surface area contributed by atoms with Crippen LogP contribution in [0.4, 0.5) is 0 Å². The summed E-state index contributed by atoms with van der Waals surface area (Å²) < 4.78 is 5.68. The summed E-state index contributed by atoms with van der Waals surface area (Å²) in [6, 6.07) is 7.33. The van der Waals surface area contributed by atoms with Crippen LogP contribution in [-0.4, -0.2) is 62.5 Å². The molecule has 1 aromatic carbocycles. The predicted molar refractivity (Wildman–Crippen MR) is 85.1 cm³/mol. The lowest BCUT2D eigenvalue weighted by Crippen LogP contribution is -2.44. The minimum Gasteiger partial charge on any atom is -0.494 e. The molecule has 0 aromatic heterocycles. The summed E-state index contributed by atoms with van der Waals surface area (Å²) in [6.45, 7) is 6.71. The van der Waals surface area contributed by atoms with Crippen molar-refractivity contribution in [2.45, 2.75) is 19.3 Å². The molecule has 0 spiro atoms. The fourth-order valence-corrected chi connectivity index (χ4v) is 2.55. The standard InChI is InChI=1S/C17H26N2O2/c1-18-9-11-19(12-10-18)8-3-2-4-13-21-17-7-5-6-16(14-17)15-20/h5-7,14-15H,2-4,8-13H2,1H3. The van der Waals surface area contributed by atoms with E-state index in [1.54, 1.807) is 12.1 Å². The molecule has 1 saturated heterocycles. The number of likely N-dealkylation sites (N-methyl/N-ethyl adjacent to an activating group) is 1. The maximum Gasteiger partial charge on any atom is 0.150 e. The molecule has 4 nitrogen and oxygen atoms in total. The average molecular weight is 290 g/mol. The molecule has 2 rings (SSSR count). The van der Waals surface area contributed by atoms with Crippen molar-refractivity contribution >= 4 is 6.29 Å². The highest BCUT2D eigenvalue weighted by Gasteiger charge is 2.12. The molecule has 0 saturated carbocycles. The van der Waals surface area contributed by atoms with Crippen LogP contribution in [0.2, 0.25) is 0 Å². The third kappa shape index (κ3) is 5.86. The number of aldehydes is 1. The molecule has 1 aromatic rings. The summed E-state index contributed by atoms with van der Waals surface area (Å²) in [5.41, 5.74) is 0.669. The van der Waals surface area contributed by atoms with Gasteiger partial charge < -0.3 is 14.5 Å². The third-order valence-electron chi connectivity index (χ3n) is 3.98. The number of hydrogen-bond acceptors (Lipinski definition) is 4. The van der Waals surface area contributed by atoms with Crippen molar-refractivity contribution < 1.29 is 9.53 Å². The van der Waals surface area contributed by atoms with E-state index < -0.39 is 0 Å². The van der Waals surface area contributed by atoms with Crippen LogP contribution in [0.15, 0.2) is 24.3 Å². The van der Waals surface area contributed by atoms with Gasteiger partial charge in [-0.25, -0.2) is 0 Å². The Balaban J connectivity index is 1.52. The highest BCUT2D eigenvalue weighted by atomic mass is 16.5. The second kappa shape index (κ2) is 8.80. The number of ether oxygens (including phenoxy) is 1. The number of nitrogens with zero attached hydrogens (tertiary/aromatic N) is 2. The van der Waals surface area contributed by atoms with Crippen LogP contribution in [0.3, 0.4) is 0 Å². The molecule has 4 heteroatoms. The van der Waals surface area contributed by atoms with E-state index in [1.807, 2.05) is 12.1 Å². The summed E-state index contributed by atoms with van der Waals surface area (Å²) in [5, 5.41) is 0. The van der Waals surface area contributed by atoms with Crippen molar-refractivity contribution in [3.63, 3.8) is 0 Å². The summed E-state index contributed by atoms with van der Waals surface area (Å²) in [4.78, 5) is 15.6. The molecule has 0 amide bonds. The fraction of sp³-hybridized carbons (Fsp3) is 0.588. The van der Waals surface area contributed by atoms with Crippen LogP contribution in [0.25, 0.3) is 0 Å². The molecule has 1 aliphatic heterocycles. The number of unbranched alkanes of at least 4 members (excludes halogenated alkanes) is 2. The number of hydrogen-bond donors (Lipinski definition) is 0. The molecule has 0 radical (unpaired) electrons. The van der Waals surface area contributed by atoms with Gasteiger partial charge in [-0.15, -0.1) is 0 Å². The van der Waals surface area contributed by atoms with Crippen molar-refractivity contribution in [3.8, 4) is 5.75 Å². The highest BCUT2D eigenvalue weighted by molar-refractivity contribution is 5.75. The molecule has 21 heavy (non-hydrogen) atoms. The molecule has 1 heterocycles. The number of rotatable bonds is 8. The second-order valence-corrected chi connectivity index (χ2v) is 5.74. The van der Waals surface area contributed by atoms with Crippen LogP contribution >= 0.6 is 0 Å². The van der Waals surface area contributed by atoms with Crippen molar-refractivity contribution in [1.82, 2.24) is 9.80 Å². The van der Waals surface area contributed by atoms with Crippen LogP contribution in [-0.2, 0) is 0 Å². The molecular weight excluding hydrogens is 264 g/mol. The topological polar surface area (TPSA) is 32.8 Å². The Morgan fingerprint density at radius 3 is 2.71 bits per heavy atom. The van der Waals surface area contributed by atoms with E-state index in [2.05, 4.69) is 16.8 Å². The summed E-state index contributed by atoms with van der Waals surface area (Å²) in [5.74, 6) is 0.790. The first kappa shape index (κ1) is 16.0. The van der Waals surface area contributed by atoms with E-state index in [-0.39, 0.29) is 0 Å². The maximum absolute atomic E-state index is 10.7. The van der Waals surface area contributed by atoms with E-state index in [9.17, 15) is 4.79 Å². The van der Waals surface area contributed by atoms with E-state index in [4.69, 9.17) is 4.74 Å². The van der Waals surface area contributed by atoms with Crippen molar-refractivity contribution in [2.24, 2.45) is 0 Å². The smallest absolute Gasteiger partial charge is 0.150 e. The van der Waals surface area contributed by atoms with Gasteiger partial charge in [0, 0.05) is 31.7 Å². The van der Waals surface area contributed by atoms with E-state index in [1.165, 1.54) is 45.6 Å². The van der Waals surface area contributed by atoms with Gasteiger partial charge in [0.25, 0.3) is 0 Å². The molecule has 0 bridgehead atoms. The Morgan fingerprint density at radius 2 is 1.95 bits per heavy atom. The first-order valence-corrected chi connectivity index (χ1v) is 7.87. The van der Waals surface area contributed by atoms with Crippen LogP contribution in [0, 0.1) is 0 Å². The molecule has 0 unspecified atom stereocenters. The van der Waals surface area contributed by atoms with Gasteiger partial charge in [-0.3, -0.25) is 4.79 Å². The largest absolute Gasteiger partial charge is 0.494 e. The Labute approximate surface area is 127 Å². The van der Waals surface area contributed by atoms with Crippen molar-refractivity contribution in [2.75, 3.05) is 46.4 Å². The quantitative estimate of drug-likeness (QED) is 0.543. The molecule has 1 fully saturated rings. The minimum absolute atomic E-state index is 0.669. The zero-order valence-corrected chi connectivity index (χ0v) is 13.0. The van der Waals surface area contributed by atoms with Gasteiger partial charge in [-0.1, -0.05) is 12.1 Å². The molecule has 0 aliphatic carbocycles. The molecule has 0 atom stereocenters. The number of carbonyl (C=O) groups is 1. The normalized spacial score (nSPS) is 16.8. The lowest BCUT2D eigenvalue weighted by molar-refractivity contribution is 0.112. The molecule has 0 N–H and O–H groups in total. The van der Waals surface area contributed by atoms with Gasteiger partial charge in [0.2, 0.25) is 0 Å². The van der Waals surface area contributed by atoms with E-state index >= 15 is 0 Å². The monoisotopic (exact) mass is 290 g/mol. The number of carbonyl (C=O) groups excluding carboxylic acids is 1. The van der Waals surface area contributed by atoms with E-state index in [0.717, 1.165) is 25.1 Å². The lowest BCUT2D eigenvalue weighted by atomic mass is 10.2. The first-order valence-electron chi connectivity index (χ1n) is 7.87. The summed E-state index contributed by atoms with van der Waals surface area (Å²) in [7, 11) is 2.19. The van der Waals surface area contributed by atoms with E-state index in [0.29, 0.717) is 5.56 Å². The van der Waals surface area contributed by atoms with Crippen molar-refractivity contribution in [3.05, 3.63) is 29.8 Å². The minimum atomic E-state index is 0.669.